The van der Waals surface area contributed by atoms with Crippen molar-refractivity contribution >= 4 is 22.7 Å². The molecule has 4 aromatic rings. The van der Waals surface area contributed by atoms with E-state index in [2.05, 4.69) is 11.1 Å². The van der Waals surface area contributed by atoms with Crippen molar-refractivity contribution in [2.75, 3.05) is 20.2 Å². The summed E-state index contributed by atoms with van der Waals surface area (Å²) < 4.78 is 19.1. The molecule has 0 spiro atoms. The van der Waals surface area contributed by atoms with Crippen LogP contribution in [0.3, 0.4) is 0 Å². The van der Waals surface area contributed by atoms with Gasteiger partial charge in [0.1, 0.15) is 18.1 Å². The number of nitrogens with one attached hydrogen (secondary N) is 1. The third kappa shape index (κ3) is 7.72. The molecule has 1 heterocycles. The normalized spacial score (nSPS) is 11.4. The molecule has 1 N–H and O–H groups in total. The lowest BCUT2D eigenvalue weighted by atomic mass is 9.91. The Morgan fingerprint density at radius 2 is 1.55 bits per heavy atom. The number of ether oxygens (including phenoxy) is 1. The molecule has 0 saturated heterocycles. The van der Waals surface area contributed by atoms with Crippen LogP contribution >= 0.6 is 0 Å². The van der Waals surface area contributed by atoms with E-state index in [1.165, 1.54) is 12.1 Å². The van der Waals surface area contributed by atoms with Gasteiger partial charge in [0, 0.05) is 48.7 Å². The number of benzene rings is 3. The van der Waals surface area contributed by atoms with Crippen LogP contribution in [-0.2, 0) is 29.1 Å². The van der Waals surface area contributed by atoms with Gasteiger partial charge in [0.2, 0.25) is 11.8 Å². The SMILES string of the molecule is COc1ccccc1CN(CCc1c[nH]c2ccccc12)C(=O)CN(Cc1ccc(F)cc1)C(=O)CC(C)(C)C. The number of carbonyl (C=O) groups is 2. The Morgan fingerprint density at radius 1 is 0.850 bits per heavy atom. The second kappa shape index (κ2) is 12.8. The molecule has 40 heavy (non-hydrogen) atoms. The van der Waals surface area contributed by atoms with Gasteiger partial charge >= 0.3 is 0 Å². The summed E-state index contributed by atoms with van der Waals surface area (Å²) in [7, 11) is 1.62. The number of hydrogen-bond donors (Lipinski definition) is 1. The summed E-state index contributed by atoms with van der Waals surface area (Å²) in [4.78, 5) is 34.0. The predicted octanol–water partition coefficient (Wildman–Crippen LogP) is 6.35. The smallest absolute Gasteiger partial charge is 0.242 e. The van der Waals surface area contributed by atoms with Crippen molar-refractivity contribution in [3.63, 3.8) is 0 Å². The van der Waals surface area contributed by atoms with Crippen LogP contribution in [0.4, 0.5) is 4.39 Å². The van der Waals surface area contributed by atoms with E-state index in [4.69, 9.17) is 4.74 Å². The summed E-state index contributed by atoms with van der Waals surface area (Å²) in [6.07, 6.45) is 2.94. The molecule has 0 bridgehead atoms. The van der Waals surface area contributed by atoms with Crippen molar-refractivity contribution in [2.24, 2.45) is 5.41 Å². The Balaban J connectivity index is 1.58. The summed E-state index contributed by atoms with van der Waals surface area (Å²) in [5.41, 5.74) is 3.60. The number of carbonyl (C=O) groups excluding carboxylic acids is 2. The molecule has 0 radical (unpaired) electrons. The fourth-order valence-corrected chi connectivity index (χ4v) is 4.80. The van der Waals surface area contributed by atoms with Crippen LogP contribution in [0.25, 0.3) is 10.9 Å². The maximum Gasteiger partial charge on any atom is 0.242 e. The lowest BCUT2D eigenvalue weighted by Crippen LogP contribution is -2.43. The number of H-pyrrole nitrogens is 1. The summed E-state index contributed by atoms with van der Waals surface area (Å²) in [6.45, 7) is 6.97. The first-order valence-corrected chi connectivity index (χ1v) is 13.6. The number of methoxy groups -OCH3 is 1. The molecule has 4 rings (SSSR count). The molecule has 0 aliphatic rings. The molecular weight excluding hydrogens is 505 g/mol. The molecule has 0 unspecified atom stereocenters. The average molecular weight is 544 g/mol. The second-order valence-electron chi connectivity index (χ2n) is 11.4. The molecule has 6 nitrogen and oxygen atoms in total. The number of aromatic nitrogens is 1. The fraction of sp³-hybridized carbons (Fsp3) is 0.333. The van der Waals surface area contributed by atoms with Crippen LogP contribution < -0.4 is 4.74 Å². The van der Waals surface area contributed by atoms with Crippen molar-refractivity contribution in [3.05, 3.63) is 102 Å². The first kappa shape index (κ1) is 28.9. The number of hydrogen-bond acceptors (Lipinski definition) is 3. The number of aromatic amines is 1. The maximum atomic E-state index is 13.9. The highest BCUT2D eigenvalue weighted by Gasteiger charge is 2.26. The highest BCUT2D eigenvalue weighted by molar-refractivity contribution is 5.86. The molecule has 0 atom stereocenters. The van der Waals surface area contributed by atoms with Crippen molar-refractivity contribution in [1.29, 1.82) is 0 Å². The molecular formula is C33H38FN3O3. The van der Waals surface area contributed by atoms with Gasteiger partial charge in [-0.1, -0.05) is 69.3 Å². The largest absolute Gasteiger partial charge is 0.496 e. The Bertz CT molecular complexity index is 1440. The van der Waals surface area contributed by atoms with E-state index in [1.807, 2.05) is 69.4 Å². The van der Waals surface area contributed by atoms with E-state index in [0.29, 0.717) is 31.7 Å². The van der Waals surface area contributed by atoms with Gasteiger partial charge in [-0.2, -0.15) is 0 Å². The lowest BCUT2D eigenvalue weighted by Gasteiger charge is -2.30. The maximum absolute atomic E-state index is 13.9. The van der Waals surface area contributed by atoms with E-state index in [1.54, 1.807) is 29.0 Å². The lowest BCUT2D eigenvalue weighted by molar-refractivity contribution is -0.142. The Hall–Kier alpha value is -4.13. The monoisotopic (exact) mass is 543 g/mol. The van der Waals surface area contributed by atoms with Crippen LogP contribution in [0.2, 0.25) is 0 Å². The zero-order valence-corrected chi connectivity index (χ0v) is 23.7. The van der Waals surface area contributed by atoms with Gasteiger partial charge in [-0.25, -0.2) is 4.39 Å². The molecule has 0 aliphatic heterocycles. The summed E-state index contributed by atoms with van der Waals surface area (Å²) in [5.74, 6) is 0.0983. The number of para-hydroxylation sites is 2. The van der Waals surface area contributed by atoms with Crippen LogP contribution in [-0.4, -0.2) is 46.8 Å². The van der Waals surface area contributed by atoms with Gasteiger partial charge in [-0.3, -0.25) is 9.59 Å². The average Bonchev–Trinajstić information content (AvgIpc) is 3.34. The number of amides is 2. The number of rotatable bonds is 11. The summed E-state index contributed by atoms with van der Waals surface area (Å²) in [5, 5.41) is 1.13. The molecule has 2 amide bonds. The molecule has 210 valence electrons. The second-order valence-corrected chi connectivity index (χ2v) is 11.4. The van der Waals surface area contributed by atoms with Crippen molar-refractivity contribution in [3.8, 4) is 5.75 Å². The summed E-state index contributed by atoms with van der Waals surface area (Å²) in [6, 6.07) is 21.8. The van der Waals surface area contributed by atoms with E-state index in [-0.39, 0.29) is 36.1 Å². The molecule has 0 saturated carbocycles. The highest BCUT2D eigenvalue weighted by Crippen LogP contribution is 2.24. The minimum atomic E-state index is -0.340. The quantitative estimate of drug-likeness (QED) is 0.240. The first-order valence-electron chi connectivity index (χ1n) is 13.6. The molecule has 0 fully saturated rings. The predicted molar refractivity (Wildman–Crippen MR) is 156 cm³/mol. The summed E-state index contributed by atoms with van der Waals surface area (Å²) >= 11 is 0. The van der Waals surface area contributed by atoms with Crippen molar-refractivity contribution < 1.29 is 18.7 Å². The van der Waals surface area contributed by atoms with Gasteiger partial charge in [-0.05, 0) is 47.2 Å². The van der Waals surface area contributed by atoms with Crippen molar-refractivity contribution in [1.82, 2.24) is 14.8 Å². The Morgan fingerprint density at radius 3 is 2.27 bits per heavy atom. The topological polar surface area (TPSA) is 65.6 Å². The zero-order valence-electron chi connectivity index (χ0n) is 23.7. The molecule has 1 aromatic heterocycles. The van der Waals surface area contributed by atoms with E-state index in [0.717, 1.165) is 27.6 Å². The third-order valence-corrected chi connectivity index (χ3v) is 6.88. The van der Waals surface area contributed by atoms with Gasteiger partial charge in [-0.15, -0.1) is 0 Å². The van der Waals surface area contributed by atoms with Crippen LogP contribution in [0.1, 0.15) is 43.9 Å². The first-order chi connectivity index (χ1) is 19.1. The number of halogens is 1. The minimum absolute atomic E-state index is 0.0741. The minimum Gasteiger partial charge on any atom is -0.496 e. The van der Waals surface area contributed by atoms with Crippen LogP contribution in [0.5, 0.6) is 5.75 Å². The van der Waals surface area contributed by atoms with Gasteiger partial charge in [0.25, 0.3) is 0 Å². The van der Waals surface area contributed by atoms with E-state index < -0.39 is 0 Å². The molecule has 3 aromatic carbocycles. The Labute approximate surface area is 235 Å². The molecule has 7 heteroatoms. The molecule has 0 aliphatic carbocycles. The zero-order chi connectivity index (χ0) is 28.7. The van der Waals surface area contributed by atoms with E-state index in [9.17, 15) is 14.0 Å². The van der Waals surface area contributed by atoms with Crippen molar-refractivity contribution in [2.45, 2.75) is 46.7 Å². The van der Waals surface area contributed by atoms with Crippen LogP contribution in [0.15, 0.2) is 79.0 Å². The van der Waals surface area contributed by atoms with Gasteiger partial charge in [0.05, 0.1) is 7.11 Å². The van der Waals surface area contributed by atoms with E-state index >= 15 is 0 Å². The number of fused-ring (bicyclic) bond motifs is 1. The standard InChI is InChI=1S/C33H38FN3O3/c1-33(2,3)19-31(38)37(21-24-13-15-27(34)16-14-24)23-32(39)36(22-26-9-5-8-12-30(26)40-4)18-17-25-20-35-29-11-7-6-10-28(25)29/h5-16,20,35H,17-19,21-23H2,1-4H3. The Kier molecular flexibility index (Phi) is 9.25. The van der Waals surface area contributed by atoms with Gasteiger partial charge < -0.3 is 19.5 Å². The highest BCUT2D eigenvalue weighted by atomic mass is 19.1. The van der Waals surface area contributed by atoms with Gasteiger partial charge in [0.15, 0.2) is 0 Å². The van der Waals surface area contributed by atoms with Crippen LogP contribution in [0, 0.1) is 11.2 Å². The third-order valence-electron chi connectivity index (χ3n) is 6.88. The number of nitrogens with zero attached hydrogens (tertiary/aromatic N) is 2. The fourth-order valence-electron chi connectivity index (χ4n) is 4.80.